The summed E-state index contributed by atoms with van der Waals surface area (Å²) >= 11 is 0. The molecule has 1 atom stereocenters. The number of hydrogen-bond donors (Lipinski definition) is 2. The number of aliphatic carboxylic acids is 1. The molecule has 1 heterocycles. The fourth-order valence-corrected chi connectivity index (χ4v) is 1.73. The van der Waals surface area contributed by atoms with E-state index in [4.69, 9.17) is 10.8 Å². The number of pyridine rings is 1. The number of rotatable bonds is 4. The van der Waals surface area contributed by atoms with E-state index in [1.807, 2.05) is 42.5 Å². The van der Waals surface area contributed by atoms with Crippen LogP contribution in [0.1, 0.15) is 5.56 Å². The lowest BCUT2D eigenvalue weighted by Gasteiger charge is -2.08. The number of benzene rings is 1. The number of nitrogens with zero attached hydrogens (tertiary/aromatic N) is 1. The van der Waals surface area contributed by atoms with E-state index >= 15 is 0 Å². The minimum absolute atomic E-state index is 0.315. The van der Waals surface area contributed by atoms with Crippen molar-refractivity contribution in [3.63, 3.8) is 0 Å². The number of hydrogen-bond acceptors (Lipinski definition) is 3. The summed E-state index contributed by atoms with van der Waals surface area (Å²) in [6.07, 6.45) is 2.04. The highest BCUT2D eigenvalue weighted by molar-refractivity contribution is 5.73. The lowest BCUT2D eigenvalue weighted by atomic mass is 10.0. The second-order valence-corrected chi connectivity index (χ2v) is 4.06. The highest BCUT2D eigenvalue weighted by Crippen LogP contribution is 2.18. The third kappa shape index (κ3) is 2.93. The Bertz CT molecular complexity index is 541. The molecule has 4 nitrogen and oxygen atoms in total. The summed E-state index contributed by atoms with van der Waals surface area (Å²) < 4.78 is 0. The number of carboxylic acid groups (broad SMARTS) is 1. The molecule has 0 bridgehead atoms. The van der Waals surface area contributed by atoms with Crippen LogP contribution in [0.3, 0.4) is 0 Å². The van der Waals surface area contributed by atoms with Gasteiger partial charge < -0.3 is 10.8 Å². The van der Waals surface area contributed by atoms with Gasteiger partial charge in [0, 0.05) is 11.8 Å². The second kappa shape index (κ2) is 5.42. The number of nitrogens with two attached hydrogens (primary N) is 1. The van der Waals surface area contributed by atoms with Gasteiger partial charge in [-0.3, -0.25) is 9.78 Å². The highest BCUT2D eigenvalue weighted by Gasteiger charge is 2.12. The fraction of sp³-hybridized carbons (Fsp3) is 0.143. The quantitative estimate of drug-likeness (QED) is 0.855. The average Bonchev–Trinajstić information content (AvgIpc) is 2.40. The summed E-state index contributed by atoms with van der Waals surface area (Å²) in [5, 5.41) is 8.79. The van der Waals surface area contributed by atoms with E-state index in [0.717, 1.165) is 16.8 Å². The molecule has 2 rings (SSSR count). The molecule has 4 heteroatoms. The Balaban J connectivity index is 2.23. The van der Waals surface area contributed by atoms with E-state index in [9.17, 15) is 4.79 Å². The smallest absolute Gasteiger partial charge is 0.320 e. The maximum Gasteiger partial charge on any atom is 0.320 e. The lowest BCUT2D eigenvalue weighted by molar-refractivity contribution is -0.138. The van der Waals surface area contributed by atoms with E-state index in [0.29, 0.717) is 6.42 Å². The van der Waals surface area contributed by atoms with Crippen molar-refractivity contribution in [1.29, 1.82) is 0 Å². The Kier molecular flexibility index (Phi) is 3.69. The van der Waals surface area contributed by atoms with Gasteiger partial charge >= 0.3 is 5.97 Å². The van der Waals surface area contributed by atoms with Crippen LogP contribution in [-0.2, 0) is 11.2 Å². The van der Waals surface area contributed by atoms with Crippen LogP contribution in [0.25, 0.3) is 11.3 Å². The first-order valence-corrected chi connectivity index (χ1v) is 5.65. The molecule has 3 N–H and O–H groups in total. The van der Waals surface area contributed by atoms with Crippen molar-refractivity contribution in [2.45, 2.75) is 12.5 Å². The molecule has 0 spiro atoms. The van der Waals surface area contributed by atoms with E-state index in [1.165, 1.54) is 0 Å². The molecule has 0 aliphatic heterocycles. The summed E-state index contributed by atoms with van der Waals surface area (Å²) in [6, 6.07) is 12.4. The largest absolute Gasteiger partial charge is 0.480 e. The Hall–Kier alpha value is -2.20. The predicted molar refractivity (Wildman–Crippen MR) is 69.0 cm³/mol. The van der Waals surface area contributed by atoms with E-state index in [2.05, 4.69) is 4.98 Å². The molecule has 92 valence electrons. The van der Waals surface area contributed by atoms with Gasteiger partial charge in [-0.25, -0.2) is 0 Å². The average molecular weight is 242 g/mol. The van der Waals surface area contributed by atoms with Crippen molar-refractivity contribution in [3.8, 4) is 11.3 Å². The summed E-state index contributed by atoms with van der Waals surface area (Å²) in [5.74, 6) is -0.988. The molecule has 1 aromatic heterocycles. The van der Waals surface area contributed by atoms with Gasteiger partial charge in [0.15, 0.2) is 0 Å². The molecule has 0 radical (unpaired) electrons. The van der Waals surface area contributed by atoms with E-state index in [-0.39, 0.29) is 0 Å². The SMILES string of the molecule is N[C@@H](Cc1cccc(-c2ccccn2)c1)C(=O)O. The molecular formula is C14H14N2O2. The van der Waals surface area contributed by atoms with Crippen LogP contribution in [0, 0.1) is 0 Å². The number of carbonyl (C=O) groups is 1. The molecule has 1 aromatic carbocycles. The first-order valence-electron chi connectivity index (χ1n) is 5.65. The van der Waals surface area contributed by atoms with Gasteiger partial charge in [-0.2, -0.15) is 0 Å². The van der Waals surface area contributed by atoms with Gasteiger partial charge in [-0.15, -0.1) is 0 Å². The van der Waals surface area contributed by atoms with Crippen LogP contribution in [0.4, 0.5) is 0 Å². The lowest BCUT2D eigenvalue weighted by Crippen LogP contribution is -2.32. The zero-order valence-electron chi connectivity index (χ0n) is 9.78. The zero-order chi connectivity index (χ0) is 13.0. The van der Waals surface area contributed by atoms with Crippen LogP contribution in [0.15, 0.2) is 48.7 Å². The Labute approximate surface area is 105 Å². The first kappa shape index (κ1) is 12.3. The summed E-state index contributed by atoms with van der Waals surface area (Å²) in [7, 11) is 0. The maximum absolute atomic E-state index is 10.7. The predicted octanol–water partition coefficient (Wildman–Crippen LogP) is 1.70. The van der Waals surface area contributed by atoms with Crippen LogP contribution in [-0.4, -0.2) is 22.1 Å². The van der Waals surface area contributed by atoms with Crippen LogP contribution >= 0.6 is 0 Å². The van der Waals surface area contributed by atoms with Gasteiger partial charge in [-0.05, 0) is 30.2 Å². The van der Waals surface area contributed by atoms with Crippen LogP contribution in [0.2, 0.25) is 0 Å². The van der Waals surface area contributed by atoms with Gasteiger partial charge in [-0.1, -0.05) is 24.3 Å². The van der Waals surface area contributed by atoms with Crippen LogP contribution < -0.4 is 5.73 Å². The zero-order valence-corrected chi connectivity index (χ0v) is 9.78. The van der Waals surface area contributed by atoms with Gasteiger partial charge in [0.05, 0.1) is 5.69 Å². The molecule has 0 aliphatic rings. The molecule has 0 saturated carbocycles. The minimum Gasteiger partial charge on any atom is -0.480 e. The van der Waals surface area contributed by atoms with Crippen molar-refractivity contribution in [2.24, 2.45) is 5.73 Å². The molecule has 2 aromatic rings. The van der Waals surface area contributed by atoms with E-state index in [1.54, 1.807) is 6.20 Å². The third-order valence-corrected chi connectivity index (χ3v) is 2.66. The van der Waals surface area contributed by atoms with Gasteiger partial charge in [0.1, 0.15) is 6.04 Å². The molecule has 0 saturated heterocycles. The van der Waals surface area contributed by atoms with Crippen LogP contribution in [0.5, 0.6) is 0 Å². The molecule has 0 fully saturated rings. The monoisotopic (exact) mass is 242 g/mol. The minimum atomic E-state index is -0.988. The van der Waals surface area contributed by atoms with Crippen molar-refractivity contribution < 1.29 is 9.90 Å². The Morgan fingerprint density at radius 2 is 2.11 bits per heavy atom. The highest BCUT2D eigenvalue weighted by atomic mass is 16.4. The van der Waals surface area contributed by atoms with Gasteiger partial charge in [0.2, 0.25) is 0 Å². The van der Waals surface area contributed by atoms with Crippen molar-refractivity contribution in [1.82, 2.24) is 4.98 Å². The van der Waals surface area contributed by atoms with Crippen molar-refractivity contribution in [2.75, 3.05) is 0 Å². The first-order chi connectivity index (χ1) is 8.66. The number of carboxylic acids is 1. The standard InChI is InChI=1S/C14H14N2O2/c15-12(14(17)18)9-10-4-3-5-11(8-10)13-6-1-2-7-16-13/h1-8,12H,9,15H2,(H,17,18)/t12-/m0/s1. The topological polar surface area (TPSA) is 76.2 Å². The maximum atomic E-state index is 10.7. The molecule has 0 unspecified atom stereocenters. The molecule has 0 aliphatic carbocycles. The van der Waals surface area contributed by atoms with E-state index < -0.39 is 12.0 Å². The third-order valence-electron chi connectivity index (χ3n) is 2.66. The fourth-order valence-electron chi connectivity index (χ4n) is 1.73. The van der Waals surface area contributed by atoms with Crippen molar-refractivity contribution >= 4 is 5.97 Å². The molecule has 0 amide bonds. The Morgan fingerprint density at radius 3 is 2.78 bits per heavy atom. The Morgan fingerprint density at radius 1 is 1.28 bits per heavy atom. The summed E-state index contributed by atoms with van der Waals surface area (Å²) in [4.78, 5) is 15.0. The van der Waals surface area contributed by atoms with Crippen molar-refractivity contribution in [3.05, 3.63) is 54.2 Å². The second-order valence-electron chi connectivity index (χ2n) is 4.06. The van der Waals surface area contributed by atoms with Gasteiger partial charge in [0.25, 0.3) is 0 Å². The summed E-state index contributed by atoms with van der Waals surface area (Å²) in [6.45, 7) is 0. The summed E-state index contributed by atoms with van der Waals surface area (Å²) in [5.41, 5.74) is 8.25. The number of aromatic nitrogens is 1. The normalized spacial score (nSPS) is 12.1. The molecular weight excluding hydrogens is 228 g/mol. The molecule has 18 heavy (non-hydrogen) atoms.